The van der Waals surface area contributed by atoms with Gasteiger partial charge in [-0.05, 0) is 126 Å². The van der Waals surface area contributed by atoms with Crippen molar-refractivity contribution < 1.29 is 63.3 Å². The molecule has 462 valence electrons. The van der Waals surface area contributed by atoms with Crippen LogP contribution in [0.1, 0.15) is 123 Å². The molecule has 0 unspecified atom stereocenters. The summed E-state index contributed by atoms with van der Waals surface area (Å²) in [6, 6.07) is -4.91. The van der Waals surface area contributed by atoms with Gasteiger partial charge in [0.2, 0.25) is 47.3 Å². The molecular formula is C52H91N17O13. The number of phenolic OH excluding ortho intramolecular Hbond substituents is 1. The third-order valence-electron chi connectivity index (χ3n) is 12.4. The molecule has 30 nitrogen and oxygen atoms in total. The van der Waals surface area contributed by atoms with Crippen molar-refractivity contribution in [3.63, 3.8) is 0 Å². The van der Waals surface area contributed by atoms with E-state index in [4.69, 9.17) is 40.1 Å². The van der Waals surface area contributed by atoms with Gasteiger partial charge in [0, 0.05) is 25.9 Å². The number of aliphatic imine (C=N–C) groups is 2. The number of hydrogen-bond donors (Lipinski definition) is 18. The van der Waals surface area contributed by atoms with Crippen molar-refractivity contribution in [1.29, 1.82) is 0 Å². The summed E-state index contributed by atoms with van der Waals surface area (Å²) >= 11 is 0. The van der Waals surface area contributed by atoms with Crippen LogP contribution in [0.5, 0.6) is 5.75 Å². The summed E-state index contributed by atoms with van der Waals surface area (Å²) in [5, 5.41) is 49.5. The zero-order valence-corrected chi connectivity index (χ0v) is 47.6. The Morgan fingerprint density at radius 2 is 0.878 bits per heavy atom. The molecule has 0 heterocycles. The molecule has 0 aliphatic rings. The molecule has 0 radical (unpaired) electrons. The molecule has 0 saturated carbocycles. The summed E-state index contributed by atoms with van der Waals surface area (Å²) in [4.78, 5) is 142. The smallest absolute Gasteiger partial charge is 0.326 e. The van der Waals surface area contributed by atoms with Crippen LogP contribution in [0.4, 0.5) is 0 Å². The largest absolute Gasteiger partial charge is 0.508 e. The quantitative estimate of drug-likeness (QED) is 0.0169. The van der Waals surface area contributed by atoms with Gasteiger partial charge in [0.15, 0.2) is 11.9 Å². The number of carboxylic acids is 2. The number of unbranched alkanes of at least 4 members (excludes halogenated alkanes) is 2. The summed E-state index contributed by atoms with van der Waals surface area (Å²) in [6.07, 6.45) is 1.23. The van der Waals surface area contributed by atoms with Gasteiger partial charge in [-0.2, -0.15) is 0 Å². The maximum absolute atomic E-state index is 14.1. The second-order valence-corrected chi connectivity index (χ2v) is 20.7. The topological polar surface area (TPSA) is 534 Å². The number of amides is 8. The Morgan fingerprint density at radius 3 is 1.32 bits per heavy atom. The lowest BCUT2D eigenvalue weighted by atomic mass is 10.0. The van der Waals surface area contributed by atoms with Crippen LogP contribution < -0.4 is 82.7 Å². The van der Waals surface area contributed by atoms with E-state index in [-0.39, 0.29) is 107 Å². The third-order valence-corrected chi connectivity index (χ3v) is 12.4. The molecule has 1 rings (SSSR count). The van der Waals surface area contributed by atoms with Crippen molar-refractivity contribution >= 4 is 71.1 Å². The molecule has 8 atom stereocenters. The molecule has 0 saturated heterocycles. The molecule has 0 aliphatic heterocycles. The number of aliphatic carboxylic acids is 2. The minimum Gasteiger partial charge on any atom is -0.508 e. The summed E-state index contributed by atoms with van der Waals surface area (Å²) in [7, 11) is 0. The first-order valence-electron chi connectivity index (χ1n) is 27.6. The number of carbonyl (C=O) groups excluding carboxylic acids is 8. The third kappa shape index (κ3) is 31.2. The van der Waals surface area contributed by atoms with Crippen LogP contribution in [0.3, 0.4) is 0 Å². The van der Waals surface area contributed by atoms with E-state index >= 15 is 0 Å². The fraction of sp³-hybridized carbons (Fsp3) is 0.654. The number of rotatable bonds is 42. The van der Waals surface area contributed by atoms with Crippen molar-refractivity contribution in [3.8, 4) is 5.75 Å². The van der Waals surface area contributed by atoms with Crippen molar-refractivity contribution in [3.05, 3.63) is 29.8 Å². The second-order valence-electron chi connectivity index (χ2n) is 20.7. The zero-order chi connectivity index (χ0) is 61.9. The standard InChI is InChI=1S/C52H91N17O13/c1-29(2)25-38(67-43(74)33(55)11-9-23-60-51(56)57)48(79)65-36(14-10-24-61-52(58)59)46(77)64-34(12-5-7-21-53)44(75)62-28-41(71)63-35(13-6-8-22-54)45(76)68-39(26-30(3)4)49(80)66-37(19-20-42(72)73)47(78)69-40(50(81)82)27-31-15-17-32(70)18-16-31/h15-18,29-30,33-40,70H,5-14,19-28,53-55H2,1-4H3,(H,62,75)(H,63,71)(H,64,77)(H,65,79)(H,66,80)(H,67,74)(H,68,76)(H,69,78)(H,72,73)(H,81,82)(H4,56,57,60)(H4,58,59,61)/t33-,34-,35-,36-,37-,38-,39-,40-/m0/s1. The van der Waals surface area contributed by atoms with Crippen LogP contribution >= 0.6 is 0 Å². The molecule has 8 amide bonds. The van der Waals surface area contributed by atoms with E-state index in [0.717, 1.165) is 0 Å². The second kappa shape index (κ2) is 39.5. The van der Waals surface area contributed by atoms with Gasteiger partial charge >= 0.3 is 11.9 Å². The molecule has 25 N–H and O–H groups in total. The van der Waals surface area contributed by atoms with Gasteiger partial charge in [-0.3, -0.25) is 53.1 Å². The monoisotopic (exact) mass is 1160 g/mol. The Bertz CT molecular complexity index is 2280. The maximum Gasteiger partial charge on any atom is 0.326 e. The predicted molar refractivity (Wildman–Crippen MR) is 305 cm³/mol. The van der Waals surface area contributed by atoms with Gasteiger partial charge < -0.3 is 98.0 Å². The van der Waals surface area contributed by atoms with E-state index in [1.807, 2.05) is 13.8 Å². The minimum atomic E-state index is -1.57. The Hall–Kier alpha value is -7.86. The van der Waals surface area contributed by atoms with Crippen LogP contribution in [-0.2, 0) is 54.4 Å². The Morgan fingerprint density at radius 1 is 0.488 bits per heavy atom. The van der Waals surface area contributed by atoms with Gasteiger partial charge in [0.1, 0.15) is 48.0 Å². The fourth-order valence-electron chi connectivity index (χ4n) is 8.13. The Labute approximate surface area is 478 Å². The van der Waals surface area contributed by atoms with Gasteiger partial charge in [-0.25, -0.2) is 4.79 Å². The van der Waals surface area contributed by atoms with E-state index in [9.17, 15) is 63.3 Å². The number of carboxylic acid groups (broad SMARTS) is 2. The van der Waals surface area contributed by atoms with Gasteiger partial charge in [-0.1, -0.05) is 39.8 Å². The lowest BCUT2D eigenvalue weighted by molar-refractivity contribution is -0.143. The number of hydrogen-bond acceptors (Lipinski definition) is 16. The number of nitrogens with one attached hydrogen (secondary N) is 8. The molecule has 0 fully saturated rings. The SMILES string of the molecule is CC(C)C[C@H](NC(=O)[C@H](CCCCN)NC(=O)CNC(=O)[C@H](CCCCN)NC(=O)[C@H](CCCN=C(N)N)NC(=O)[C@H](CC(C)C)NC(=O)[C@@H](N)CCCN=C(N)N)C(=O)N[C@@H](CCC(=O)O)C(=O)N[C@@H](Cc1ccc(O)cc1)C(=O)O. The molecular weight excluding hydrogens is 1070 g/mol. The van der Waals surface area contributed by atoms with Crippen molar-refractivity contribution in [1.82, 2.24) is 42.5 Å². The number of phenols is 1. The Kier molecular flexibility index (Phi) is 34.8. The Balaban J connectivity index is 3.37. The van der Waals surface area contributed by atoms with Crippen molar-refractivity contribution in [2.75, 3.05) is 32.7 Å². The van der Waals surface area contributed by atoms with Crippen LogP contribution in [0.15, 0.2) is 34.3 Å². The normalized spacial score (nSPS) is 14.0. The molecule has 0 bridgehead atoms. The summed E-state index contributed by atoms with van der Waals surface area (Å²) in [5.41, 5.74) is 39.8. The predicted octanol–water partition coefficient (Wildman–Crippen LogP) is -3.82. The molecule has 30 heteroatoms. The van der Waals surface area contributed by atoms with Crippen LogP contribution in [0, 0.1) is 11.8 Å². The van der Waals surface area contributed by atoms with Gasteiger partial charge in [0.25, 0.3) is 0 Å². The number of carbonyl (C=O) groups is 10. The minimum absolute atomic E-state index is 0.00547. The summed E-state index contributed by atoms with van der Waals surface area (Å²) < 4.78 is 0. The first kappa shape index (κ1) is 72.2. The first-order chi connectivity index (χ1) is 38.7. The number of guanidine groups is 2. The van der Waals surface area contributed by atoms with Gasteiger partial charge in [0.05, 0.1) is 12.6 Å². The number of aromatic hydroxyl groups is 1. The van der Waals surface area contributed by atoms with E-state index in [2.05, 4.69) is 52.5 Å². The molecule has 0 spiro atoms. The van der Waals surface area contributed by atoms with Gasteiger partial charge in [-0.15, -0.1) is 0 Å². The van der Waals surface area contributed by atoms with Crippen molar-refractivity contribution in [2.45, 2.75) is 172 Å². The average Bonchev–Trinajstić information content (AvgIpc) is 3.46. The highest BCUT2D eigenvalue weighted by Crippen LogP contribution is 2.14. The fourth-order valence-corrected chi connectivity index (χ4v) is 8.13. The lowest BCUT2D eigenvalue weighted by Crippen LogP contribution is -2.59. The average molecular weight is 1160 g/mol. The number of benzene rings is 1. The number of nitrogens with two attached hydrogens (primary N) is 7. The lowest BCUT2D eigenvalue weighted by Gasteiger charge is -2.27. The maximum atomic E-state index is 14.1. The first-order valence-corrected chi connectivity index (χ1v) is 27.6. The highest BCUT2D eigenvalue weighted by Gasteiger charge is 2.34. The van der Waals surface area contributed by atoms with E-state index in [0.29, 0.717) is 37.7 Å². The van der Waals surface area contributed by atoms with Crippen LogP contribution in [-0.4, -0.2) is 167 Å². The van der Waals surface area contributed by atoms with E-state index in [1.54, 1.807) is 13.8 Å². The molecule has 1 aromatic rings. The van der Waals surface area contributed by atoms with E-state index < -0.39 is 127 Å². The molecule has 1 aromatic carbocycles. The molecule has 0 aromatic heterocycles. The highest BCUT2D eigenvalue weighted by molar-refractivity contribution is 5.97. The zero-order valence-electron chi connectivity index (χ0n) is 47.6. The van der Waals surface area contributed by atoms with Crippen LogP contribution in [0.2, 0.25) is 0 Å². The molecule has 0 aliphatic carbocycles. The highest BCUT2D eigenvalue weighted by atomic mass is 16.4. The summed E-state index contributed by atoms with van der Waals surface area (Å²) in [6.45, 7) is 7.24. The summed E-state index contributed by atoms with van der Waals surface area (Å²) in [5.74, 6) is -10.0. The molecule has 82 heavy (non-hydrogen) atoms. The van der Waals surface area contributed by atoms with Crippen molar-refractivity contribution in [2.24, 2.45) is 62.0 Å². The van der Waals surface area contributed by atoms with Crippen LogP contribution in [0.25, 0.3) is 0 Å². The van der Waals surface area contributed by atoms with E-state index in [1.165, 1.54) is 24.3 Å². The number of nitrogens with zero attached hydrogens (tertiary/aromatic N) is 2.